The molecule has 1 N–H and O–H groups in total. The Balaban J connectivity index is 2.39. The summed E-state index contributed by atoms with van der Waals surface area (Å²) in [5.74, 6) is -0.932. The highest BCUT2D eigenvalue weighted by Crippen LogP contribution is 2.21. The van der Waals surface area contributed by atoms with E-state index in [-0.39, 0.29) is 4.90 Å². The normalized spacial score (nSPS) is 11.8. The topological polar surface area (TPSA) is 72.5 Å². The van der Waals surface area contributed by atoms with Crippen molar-refractivity contribution < 1.29 is 17.9 Å². The molecule has 120 valence electrons. The number of hydrogen-bond acceptors (Lipinski definition) is 5. The fourth-order valence-electron chi connectivity index (χ4n) is 1.77. The minimum atomic E-state index is -3.98. The molecular weight excluding hydrogens is 382 g/mol. The molecule has 0 heterocycles. The van der Waals surface area contributed by atoms with Crippen molar-refractivity contribution in [1.29, 1.82) is 0 Å². The maximum atomic E-state index is 12.6. The Hall–Kier alpha value is -2.12. The first-order valence-electron chi connectivity index (χ1n) is 6.56. The van der Waals surface area contributed by atoms with Crippen molar-refractivity contribution >= 4 is 37.4 Å². The minimum absolute atomic E-state index is 0.0225. The van der Waals surface area contributed by atoms with Gasteiger partial charge in [0.2, 0.25) is 9.84 Å². The van der Waals surface area contributed by atoms with E-state index >= 15 is 0 Å². The maximum Gasteiger partial charge on any atom is 0.351 e. The Kier molecular flexibility index (Phi) is 5.57. The van der Waals surface area contributed by atoms with Crippen molar-refractivity contribution in [2.45, 2.75) is 4.90 Å². The SMILES string of the molecule is COC(=O)/C(=C\Nc1ccc(Br)cc1)S(=O)(=O)c1ccccc1. The third kappa shape index (κ3) is 4.20. The van der Waals surface area contributed by atoms with Crippen LogP contribution in [0, 0.1) is 0 Å². The van der Waals surface area contributed by atoms with Gasteiger partial charge in [0.25, 0.3) is 0 Å². The van der Waals surface area contributed by atoms with Crippen LogP contribution < -0.4 is 5.32 Å². The van der Waals surface area contributed by atoms with Crippen LogP contribution in [-0.2, 0) is 19.4 Å². The Labute approximate surface area is 143 Å². The number of carbonyl (C=O) groups is 1. The summed E-state index contributed by atoms with van der Waals surface area (Å²) in [7, 11) is -2.84. The molecule has 2 aromatic rings. The summed E-state index contributed by atoms with van der Waals surface area (Å²) in [6, 6.07) is 14.8. The van der Waals surface area contributed by atoms with Crippen molar-refractivity contribution in [2.24, 2.45) is 0 Å². The number of benzene rings is 2. The number of esters is 1. The van der Waals surface area contributed by atoms with Gasteiger partial charge in [-0.15, -0.1) is 0 Å². The van der Waals surface area contributed by atoms with Gasteiger partial charge in [0.15, 0.2) is 4.91 Å². The summed E-state index contributed by atoms with van der Waals surface area (Å²) in [6.07, 6.45) is 1.14. The Morgan fingerprint density at radius 2 is 1.70 bits per heavy atom. The second kappa shape index (κ2) is 7.43. The largest absolute Gasteiger partial charge is 0.465 e. The molecular formula is C16H14BrNO4S. The highest BCUT2D eigenvalue weighted by atomic mass is 79.9. The van der Waals surface area contributed by atoms with Gasteiger partial charge in [0.1, 0.15) is 0 Å². The van der Waals surface area contributed by atoms with E-state index in [2.05, 4.69) is 26.0 Å². The van der Waals surface area contributed by atoms with Crippen molar-refractivity contribution in [3.05, 3.63) is 70.2 Å². The van der Waals surface area contributed by atoms with Gasteiger partial charge in [-0.25, -0.2) is 13.2 Å². The molecule has 0 atom stereocenters. The molecule has 0 unspecified atom stereocenters. The molecule has 0 aliphatic carbocycles. The summed E-state index contributed by atoms with van der Waals surface area (Å²) in [5, 5.41) is 2.80. The Bertz CT molecular complexity index is 815. The van der Waals surface area contributed by atoms with Crippen LogP contribution in [0.25, 0.3) is 0 Å². The summed E-state index contributed by atoms with van der Waals surface area (Å²) in [6.45, 7) is 0. The van der Waals surface area contributed by atoms with Crippen LogP contribution in [0.2, 0.25) is 0 Å². The first-order chi connectivity index (χ1) is 10.9. The lowest BCUT2D eigenvalue weighted by Gasteiger charge is -2.08. The van der Waals surface area contributed by atoms with Crippen LogP contribution in [-0.4, -0.2) is 21.5 Å². The number of rotatable bonds is 5. The monoisotopic (exact) mass is 395 g/mol. The van der Waals surface area contributed by atoms with Gasteiger partial charge in [-0.3, -0.25) is 0 Å². The van der Waals surface area contributed by atoms with E-state index in [9.17, 15) is 13.2 Å². The number of carbonyl (C=O) groups excluding carboxylic acids is 1. The van der Waals surface area contributed by atoms with Crippen LogP contribution in [0.3, 0.4) is 0 Å². The maximum absolute atomic E-state index is 12.6. The average molecular weight is 396 g/mol. The smallest absolute Gasteiger partial charge is 0.351 e. The zero-order chi connectivity index (χ0) is 16.9. The second-order valence-electron chi connectivity index (χ2n) is 4.47. The lowest BCUT2D eigenvalue weighted by molar-refractivity contribution is -0.135. The molecule has 5 nitrogen and oxygen atoms in total. The van der Waals surface area contributed by atoms with Gasteiger partial charge in [-0.2, -0.15) is 0 Å². The fraction of sp³-hybridized carbons (Fsp3) is 0.0625. The van der Waals surface area contributed by atoms with Gasteiger partial charge in [-0.1, -0.05) is 34.1 Å². The number of hydrogen-bond donors (Lipinski definition) is 1. The van der Waals surface area contributed by atoms with E-state index in [0.717, 1.165) is 17.8 Å². The molecule has 0 saturated heterocycles. The van der Waals surface area contributed by atoms with E-state index in [1.165, 1.54) is 12.1 Å². The molecule has 0 aliphatic heterocycles. The van der Waals surface area contributed by atoms with Gasteiger partial charge in [0, 0.05) is 16.4 Å². The van der Waals surface area contributed by atoms with Crippen molar-refractivity contribution in [3.63, 3.8) is 0 Å². The zero-order valence-electron chi connectivity index (χ0n) is 12.2. The molecule has 0 spiro atoms. The number of halogens is 1. The lowest BCUT2D eigenvalue weighted by atomic mass is 10.3. The molecule has 0 aliphatic rings. The third-order valence-corrected chi connectivity index (χ3v) is 5.23. The van der Waals surface area contributed by atoms with Crippen LogP contribution in [0.15, 0.2) is 75.1 Å². The molecule has 2 rings (SSSR count). The third-order valence-electron chi connectivity index (χ3n) is 2.94. The summed E-state index contributed by atoms with van der Waals surface area (Å²) < 4.78 is 30.7. The van der Waals surface area contributed by atoms with Gasteiger partial charge < -0.3 is 10.1 Å². The number of sulfone groups is 1. The fourth-order valence-corrected chi connectivity index (χ4v) is 3.32. The molecule has 23 heavy (non-hydrogen) atoms. The Morgan fingerprint density at radius 1 is 1.09 bits per heavy atom. The second-order valence-corrected chi connectivity index (χ2v) is 7.30. The molecule has 2 aromatic carbocycles. The summed E-state index contributed by atoms with van der Waals surface area (Å²) >= 11 is 3.31. The highest BCUT2D eigenvalue weighted by Gasteiger charge is 2.27. The van der Waals surface area contributed by atoms with E-state index in [1.54, 1.807) is 42.5 Å². The van der Waals surface area contributed by atoms with Gasteiger partial charge >= 0.3 is 5.97 Å². The predicted octanol–water partition coefficient (Wildman–Crippen LogP) is 3.35. The van der Waals surface area contributed by atoms with Gasteiger partial charge in [0.05, 0.1) is 12.0 Å². The number of anilines is 1. The zero-order valence-corrected chi connectivity index (χ0v) is 14.6. The van der Waals surface area contributed by atoms with E-state index in [4.69, 9.17) is 0 Å². The molecule has 0 saturated carbocycles. The van der Waals surface area contributed by atoms with E-state index in [0.29, 0.717) is 5.69 Å². The standard InChI is InChI=1S/C16H14BrNO4S/c1-22-16(19)15(11-18-13-9-7-12(17)8-10-13)23(20,21)14-5-3-2-4-6-14/h2-11,18H,1H3/b15-11+. The molecule has 7 heteroatoms. The number of methoxy groups -OCH3 is 1. The predicted molar refractivity (Wildman–Crippen MR) is 91.5 cm³/mol. The summed E-state index contributed by atoms with van der Waals surface area (Å²) in [4.78, 5) is 11.4. The molecule has 0 radical (unpaired) electrons. The van der Waals surface area contributed by atoms with E-state index in [1.807, 2.05) is 0 Å². The van der Waals surface area contributed by atoms with Crippen LogP contribution in [0.4, 0.5) is 5.69 Å². The molecule has 0 amide bonds. The Morgan fingerprint density at radius 3 is 2.26 bits per heavy atom. The minimum Gasteiger partial charge on any atom is -0.465 e. The molecule has 0 aromatic heterocycles. The number of nitrogens with one attached hydrogen (secondary N) is 1. The van der Waals surface area contributed by atoms with Crippen LogP contribution in [0.5, 0.6) is 0 Å². The quantitative estimate of drug-likeness (QED) is 0.620. The van der Waals surface area contributed by atoms with Gasteiger partial charge in [-0.05, 0) is 36.4 Å². The number of ether oxygens (including phenoxy) is 1. The molecule has 0 fully saturated rings. The van der Waals surface area contributed by atoms with Crippen molar-refractivity contribution in [1.82, 2.24) is 0 Å². The van der Waals surface area contributed by atoms with E-state index < -0.39 is 20.7 Å². The summed E-state index contributed by atoms with van der Waals surface area (Å²) in [5.41, 5.74) is 0.637. The highest BCUT2D eigenvalue weighted by molar-refractivity contribution is 9.10. The van der Waals surface area contributed by atoms with Crippen LogP contribution >= 0.6 is 15.9 Å². The van der Waals surface area contributed by atoms with Crippen molar-refractivity contribution in [2.75, 3.05) is 12.4 Å². The lowest BCUT2D eigenvalue weighted by Crippen LogP contribution is -2.16. The first kappa shape index (κ1) is 17.2. The molecule has 0 bridgehead atoms. The van der Waals surface area contributed by atoms with Crippen LogP contribution in [0.1, 0.15) is 0 Å². The first-order valence-corrected chi connectivity index (χ1v) is 8.83. The van der Waals surface area contributed by atoms with Crippen molar-refractivity contribution in [3.8, 4) is 0 Å². The average Bonchev–Trinajstić information content (AvgIpc) is 2.57.